The van der Waals surface area contributed by atoms with E-state index in [0.29, 0.717) is 0 Å². The third-order valence-electron chi connectivity index (χ3n) is 4.39. The molecule has 3 heteroatoms. The third kappa shape index (κ3) is 4.32. The van der Waals surface area contributed by atoms with Crippen molar-refractivity contribution in [2.75, 3.05) is 6.54 Å². The van der Waals surface area contributed by atoms with Crippen LogP contribution in [0.4, 0.5) is 0 Å². The Morgan fingerprint density at radius 1 is 1.10 bits per heavy atom. The van der Waals surface area contributed by atoms with Gasteiger partial charge in [-0.25, -0.2) is 4.98 Å². The minimum atomic E-state index is 0.138. The molecule has 0 saturated heterocycles. The lowest BCUT2D eigenvalue weighted by molar-refractivity contribution is 0.468. The Morgan fingerprint density at radius 2 is 1.81 bits per heavy atom. The fourth-order valence-corrected chi connectivity index (χ4v) is 3.23. The predicted octanol–water partition coefficient (Wildman–Crippen LogP) is 4.19. The first kappa shape index (κ1) is 16.5. The Bertz CT molecular complexity index is 440. The van der Waals surface area contributed by atoms with Gasteiger partial charge >= 0.3 is 0 Å². The van der Waals surface area contributed by atoms with Crippen molar-refractivity contribution in [3.63, 3.8) is 0 Å². The standard InChI is InChI=1S/C18H33N3/c1-5-6-7-8-9-10-13-21-16-11-12-19-14-15(16)20-17(21)18(2,3)4/h19H,5-14H2,1-4H3. The zero-order chi connectivity index (χ0) is 15.3. The van der Waals surface area contributed by atoms with Crippen molar-refractivity contribution >= 4 is 0 Å². The van der Waals surface area contributed by atoms with E-state index in [9.17, 15) is 0 Å². The monoisotopic (exact) mass is 291 g/mol. The van der Waals surface area contributed by atoms with Gasteiger partial charge in [0.15, 0.2) is 0 Å². The molecule has 0 amide bonds. The Kier molecular flexibility index (Phi) is 5.86. The normalized spacial score (nSPS) is 15.2. The third-order valence-corrected chi connectivity index (χ3v) is 4.39. The summed E-state index contributed by atoms with van der Waals surface area (Å²) in [6.07, 6.45) is 9.29. The van der Waals surface area contributed by atoms with Gasteiger partial charge in [-0.3, -0.25) is 0 Å². The molecule has 0 bridgehead atoms. The number of aromatic nitrogens is 2. The topological polar surface area (TPSA) is 29.9 Å². The zero-order valence-corrected chi connectivity index (χ0v) is 14.5. The molecule has 120 valence electrons. The second kappa shape index (κ2) is 7.44. The summed E-state index contributed by atoms with van der Waals surface area (Å²) in [6.45, 7) is 12.3. The van der Waals surface area contributed by atoms with E-state index in [4.69, 9.17) is 4.98 Å². The maximum absolute atomic E-state index is 4.95. The van der Waals surface area contributed by atoms with Crippen molar-refractivity contribution in [3.05, 3.63) is 17.2 Å². The van der Waals surface area contributed by atoms with E-state index in [1.165, 1.54) is 55.7 Å². The van der Waals surface area contributed by atoms with E-state index in [1.807, 2.05) is 0 Å². The highest BCUT2D eigenvalue weighted by Crippen LogP contribution is 2.26. The molecule has 1 aliphatic rings. The molecule has 3 nitrogen and oxygen atoms in total. The molecule has 0 saturated carbocycles. The van der Waals surface area contributed by atoms with Gasteiger partial charge < -0.3 is 9.88 Å². The summed E-state index contributed by atoms with van der Waals surface area (Å²) >= 11 is 0. The highest BCUT2D eigenvalue weighted by Gasteiger charge is 2.26. The van der Waals surface area contributed by atoms with Gasteiger partial charge in [-0.15, -0.1) is 0 Å². The van der Waals surface area contributed by atoms with Gasteiger partial charge in [0.05, 0.1) is 5.69 Å². The number of rotatable bonds is 7. The van der Waals surface area contributed by atoms with E-state index in [1.54, 1.807) is 0 Å². The van der Waals surface area contributed by atoms with Gasteiger partial charge in [-0.05, 0) is 6.42 Å². The summed E-state index contributed by atoms with van der Waals surface area (Å²) in [4.78, 5) is 4.95. The van der Waals surface area contributed by atoms with Crippen molar-refractivity contribution in [3.8, 4) is 0 Å². The highest BCUT2D eigenvalue weighted by molar-refractivity contribution is 5.23. The van der Waals surface area contributed by atoms with Gasteiger partial charge in [0.25, 0.3) is 0 Å². The molecule has 1 aromatic rings. The van der Waals surface area contributed by atoms with Crippen LogP contribution in [0.3, 0.4) is 0 Å². The fraction of sp³-hybridized carbons (Fsp3) is 0.833. The lowest BCUT2D eigenvalue weighted by Gasteiger charge is -2.22. The molecule has 0 radical (unpaired) electrons. The molecule has 1 aliphatic heterocycles. The maximum Gasteiger partial charge on any atom is 0.114 e. The number of imidazole rings is 1. The van der Waals surface area contributed by atoms with E-state index >= 15 is 0 Å². The second-order valence-corrected chi connectivity index (χ2v) is 7.42. The maximum atomic E-state index is 4.95. The molecule has 1 aromatic heterocycles. The molecule has 21 heavy (non-hydrogen) atoms. The predicted molar refractivity (Wildman–Crippen MR) is 89.7 cm³/mol. The average Bonchev–Trinajstić information content (AvgIpc) is 2.82. The summed E-state index contributed by atoms with van der Waals surface area (Å²) in [5.41, 5.74) is 2.92. The van der Waals surface area contributed by atoms with Crippen LogP contribution >= 0.6 is 0 Å². The molecule has 0 aliphatic carbocycles. The van der Waals surface area contributed by atoms with Crippen LogP contribution < -0.4 is 5.32 Å². The van der Waals surface area contributed by atoms with Crippen LogP contribution in [0.25, 0.3) is 0 Å². The van der Waals surface area contributed by atoms with Gasteiger partial charge in [0.1, 0.15) is 5.82 Å². The Balaban J connectivity index is 2.01. The minimum Gasteiger partial charge on any atom is -0.331 e. The minimum absolute atomic E-state index is 0.138. The molecule has 1 N–H and O–H groups in total. The van der Waals surface area contributed by atoms with Gasteiger partial charge in [-0.2, -0.15) is 0 Å². The number of nitrogens with zero attached hydrogens (tertiary/aromatic N) is 2. The summed E-state index contributed by atoms with van der Waals surface area (Å²) in [6, 6.07) is 0. The van der Waals surface area contributed by atoms with Gasteiger partial charge in [0.2, 0.25) is 0 Å². The summed E-state index contributed by atoms with van der Waals surface area (Å²) in [5, 5.41) is 3.45. The first-order valence-electron chi connectivity index (χ1n) is 8.83. The number of hydrogen-bond donors (Lipinski definition) is 1. The second-order valence-electron chi connectivity index (χ2n) is 7.42. The van der Waals surface area contributed by atoms with Gasteiger partial charge in [-0.1, -0.05) is 59.8 Å². The fourth-order valence-electron chi connectivity index (χ4n) is 3.23. The van der Waals surface area contributed by atoms with Crippen molar-refractivity contribution in [1.29, 1.82) is 0 Å². The molecule has 0 spiro atoms. The molecular formula is C18H33N3. The van der Waals surface area contributed by atoms with Crippen molar-refractivity contribution in [2.24, 2.45) is 0 Å². The quantitative estimate of drug-likeness (QED) is 0.764. The number of hydrogen-bond acceptors (Lipinski definition) is 2. The highest BCUT2D eigenvalue weighted by atomic mass is 15.1. The SMILES string of the molecule is CCCCCCCCn1c(C(C)(C)C)nc2c1CCNC2. The smallest absolute Gasteiger partial charge is 0.114 e. The van der Waals surface area contributed by atoms with E-state index < -0.39 is 0 Å². The van der Waals surface area contributed by atoms with Crippen molar-refractivity contribution < 1.29 is 0 Å². The molecule has 2 heterocycles. The summed E-state index contributed by atoms with van der Waals surface area (Å²) < 4.78 is 2.54. The largest absolute Gasteiger partial charge is 0.331 e. The van der Waals surface area contributed by atoms with Crippen LogP contribution in [0.2, 0.25) is 0 Å². The molecule has 0 unspecified atom stereocenters. The molecule has 2 rings (SSSR count). The Morgan fingerprint density at radius 3 is 2.52 bits per heavy atom. The van der Waals surface area contributed by atoms with E-state index in [2.05, 4.69) is 37.6 Å². The van der Waals surface area contributed by atoms with Crippen LogP contribution in [-0.4, -0.2) is 16.1 Å². The van der Waals surface area contributed by atoms with Crippen LogP contribution in [-0.2, 0) is 24.9 Å². The van der Waals surface area contributed by atoms with E-state index in [-0.39, 0.29) is 5.41 Å². The van der Waals surface area contributed by atoms with Crippen LogP contribution in [0, 0.1) is 0 Å². The zero-order valence-electron chi connectivity index (χ0n) is 14.5. The number of fused-ring (bicyclic) bond motifs is 1. The van der Waals surface area contributed by atoms with E-state index in [0.717, 1.165) is 26.1 Å². The lowest BCUT2D eigenvalue weighted by atomic mass is 9.95. The molecule has 0 aromatic carbocycles. The Labute approximate surface area is 130 Å². The van der Waals surface area contributed by atoms with Crippen LogP contribution in [0.5, 0.6) is 0 Å². The summed E-state index contributed by atoms with van der Waals surface area (Å²) in [7, 11) is 0. The van der Waals surface area contributed by atoms with Crippen molar-refractivity contribution in [1.82, 2.24) is 14.9 Å². The molecule has 0 atom stereocenters. The Hall–Kier alpha value is -0.830. The van der Waals surface area contributed by atoms with Gasteiger partial charge in [0, 0.05) is 37.2 Å². The van der Waals surface area contributed by atoms with Crippen molar-refractivity contribution in [2.45, 2.75) is 91.1 Å². The number of nitrogens with one attached hydrogen (secondary N) is 1. The molecular weight excluding hydrogens is 258 g/mol. The first-order chi connectivity index (χ1) is 10.0. The van der Waals surface area contributed by atoms with Crippen LogP contribution in [0.1, 0.15) is 83.4 Å². The molecule has 0 fully saturated rings. The average molecular weight is 291 g/mol. The number of unbranched alkanes of at least 4 members (excludes halogenated alkanes) is 5. The lowest BCUT2D eigenvalue weighted by Crippen LogP contribution is -2.25. The summed E-state index contributed by atoms with van der Waals surface area (Å²) in [5.74, 6) is 1.28. The first-order valence-corrected chi connectivity index (χ1v) is 8.83. The van der Waals surface area contributed by atoms with Crippen LogP contribution in [0.15, 0.2) is 0 Å².